The average molecular weight is 251 g/mol. The Hall–Kier alpha value is -2.75. The van der Waals surface area contributed by atoms with Gasteiger partial charge < -0.3 is 4.74 Å². The minimum atomic E-state index is -1.03. The summed E-state index contributed by atoms with van der Waals surface area (Å²) in [6.07, 6.45) is 0.222. The van der Waals surface area contributed by atoms with E-state index in [2.05, 4.69) is 10.7 Å². The molecule has 0 atom stereocenters. The Morgan fingerprint density at radius 3 is 2.72 bits per heavy atom. The first-order chi connectivity index (χ1) is 8.51. The maximum absolute atomic E-state index is 13.5. The smallest absolute Gasteiger partial charge is 0.344 e. The van der Waals surface area contributed by atoms with Gasteiger partial charge in [0, 0.05) is 6.07 Å². The van der Waals surface area contributed by atoms with Crippen molar-refractivity contribution in [3.05, 3.63) is 39.2 Å². The summed E-state index contributed by atoms with van der Waals surface area (Å²) in [5.41, 5.74) is -1.50. The average Bonchev–Trinajstić information content (AvgIpc) is 2.35. The Morgan fingerprint density at radius 2 is 2.22 bits per heavy atom. The predicted molar refractivity (Wildman–Crippen MR) is 57.3 cm³/mol. The molecular weight excluding hydrogens is 245 g/mol. The Kier molecular flexibility index (Phi) is 4.10. The quantitative estimate of drug-likeness (QED) is 0.258. The highest BCUT2D eigenvalue weighted by Gasteiger charge is 2.23. The van der Waals surface area contributed by atoms with Crippen LogP contribution in [0.25, 0.3) is 0 Å². The van der Waals surface area contributed by atoms with Crippen LogP contribution < -0.4 is 0 Å². The van der Waals surface area contributed by atoms with Gasteiger partial charge in [-0.2, -0.15) is 0 Å². The van der Waals surface area contributed by atoms with Crippen LogP contribution in [-0.2, 0) is 9.53 Å². The van der Waals surface area contributed by atoms with Gasteiger partial charge in [0.15, 0.2) is 6.29 Å². The van der Waals surface area contributed by atoms with Crippen LogP contribution in [0.2, 0.25) is 0 Å². The molecule has 0 saturated carbocycles. The molecule has 0 N–H and O–H groups in total. The van der Waals surface area contributed by atoms with Crippen molar-refractivity contribution in [1.29, 1.82) is 0 Å². The molecule has 0 radical (unpaired) electrons. The van der Waals surface area contributed by atoms with Gasteiger partial charge in [0.1, 0.15) is 11.4 Å². The number of carbonyl (C=O) groups is 2. The molecule has 0 spiro atoms. The van der Waals surface area contributed by atoms with E-state index < -0.39 is 28.0 Å². The number of hydrogen-bond donors (Lipinski definition) is 0. The molecule has 92 valence electrons. The summed E-state index contributed by atoms with van der Waals surface area (Å²) in [7, 11) is 1.02. The van der Waals surface area contributed by atoms with Gasteiger partial charge in [-0.25, -0.2) is 9.18 Å². The molecule has 0 unspecified atom stereocenters. The molecule has 0 amide bonds. The highest BCUT2D eigenvalue weighted by atomic mass is 19.1. The zero-order valence-corrected chi connectivity index (χ0v) is 9.10. The minimum Gasteiger partial charge on any atom is -0.465 e. The van der Waals surface area contributed by atoms with Crippen LogP contribution in [-0.4, -0.2) is 24.3 Å². The van der Waals surface area contributed by atoms with Gasteiger partial charge in [-0.3, -0.25) is 14.9 Å². The largest absolute Gasteiger partial charge is 0.465 e. The second-order valence-electron chi connectivity index (χ2n) is 2.99. The van der Waals surface area contributed by atoms with Crippen molar-refractivity contribution in [3.8, 4) is 11.8 Å². The molecule has 0 bridgehead atoms. The first-order valence-electron chi connectivity index (χ1n) is 4.52. The second kappa shape index (κ2) is 5.54. The minimum absolute atomic E-state index is 0.222. The van der Waals surface area contributed by atoms with Crippen molar-refractivity contribution in [2.24, 2.45) is 0 Å². The molecule has 1 aromatic carbocycles. The highest BCUT2D eigenvalue weighted by molar-refractivity contribution is 5.94. The number of aldehydes is 1. The number of rotatable bonds is 2. The lowest BCUT2D eigenvalue weighted by Gasteiger charge is -2.02. The van der Waals surface area contributed by atoms with Gasteiger partial charge in [-0.1, -0.05) is 5.92 Å². The van der Waals surface area contributed by atoms with E-state index in [-0.39, 0.29) is 11.8 Å². The van der Waals surface area contributed by atoms with Crippen molar-refractivity contribution in [2.75, 3.05) is 7.11 Å². The highest BCUT2D eigenvalue weighted by Crippen LogP contribution is 2.23. The summed E-state index contributed by atoms with van der Waals surface area (Å²) < 4.78 is 17.8. The molecule has 0 saturated heterocycles. The van der Waals surface area contributed by atoms with Crippen LogP contribution in [0.3, 0.4) is 0 Å². The summed E-state index contributed by atoms with van der Waals surface area (Å²) in [6, 6.07) is 1.43. The molecule has 0 aliphatic heterocycles. The molecular formula is C11H6FNO5. The fourth-order valence-corrected chi connectivity index (χ4v) is 1.19. The molecule has 6 nitrogen and oxygen atoms in total. The van der Waals surface area contributed by atoms with Crippen LogP contribution in [0.15, 0.2) is 12.1 Å². The van der Waals surface area contributed by atoms with E-state index in [4.69, 9.17) is 0 Å². The number of methoxy groups -OCH3 is 1. The maximum Gasteiger partial charge on any atom is 0.344 e. The Balaban J connectivity index is 3.48. The third kappa shape index (κ3) is 2.68. The van der Waals surface area contributed by atoms with Gasteiger partial charge >= 0.3 is 5.97 Å². The summed E-state index contributed by atoms with van der Waals surface area (Å²) in [6.45, 7) is 0. The first-order valence-corrected chi connectivity index (χ1v) is 4.52. The van der Waals surface area contributed by atoms with Crippen molar-refractivity contribution in [3.63, 3.8) is 0 Å². The number of nitro groups is 1. The number of carbonyl (C=O) groups excluding carboxylic acids is 2. The van der Waals surface area contributed by atoms with Crippen LogP contribution in [0.4, 0.5) is 10.1 Å². The lowest BCUT2D eigenvalue weighted by atomic mass is 10.1. The van der Waals surface area contributed by atoms with E-state index >= 15 is 0 Å². The Labute approximate surface area is 101 Å². The standard InChI is InChI=1S/C11H6FNO5/c1-18-11(15)8-6-9(12)7(3-2-4-14)5-10(8)13(16)17/h4-6H,1H3. The van der Waals surface area contributed by atoms with Crippen LogP contribution in [0.5, 0.6) is 0 Å². The molecule has 0 heterocycles. The van der Waals surface area contributed by atoms with Crippen molar-refractivity contribution in [2.45, 2.75) is 0 Å². The predicted octanol–water partition coefficient (Wildman–Crippen LogP) is 1.07. The van der Waals surface area contributed by atoms with E-state index in [1.165, 1.54) is 0 Å². The number of benzene rings is 1. The monoisotopic (exact) mass is 251 g/mol. The number of nitro benzene ring substituents is 1. The van der Waals surface area contributed by atoms with Gasteiger partial charge in [-0.05, 0) is 12.0 Å². The summed E-state index contributed by atoms with van der Waals surface area (Å²) >= 11 is 0. The Morgan fingerprint density at radius 1 is 1.56 bits per heavy atom. The maximum atomic E-state index is 13.5. The van der Waals surface area contributed by atoms with Gasteiger partial charge in [0.05, 0.1) is 17.6 Å². The van der Waals surface area contributed by atoms with E-state index in [0.29, 0.717) is 6.07 Å². The number of ether oxygens (including phenoxy) is 1. The summed E-state index contributed by atoms with van der Waals surface area (Å²) in [5, 5.41) is 10.7. The molecule has 7 heteroatoms. The van der Waals surface area contributed by atoms with Crippen molar-refractivity contribution in [1.82, 2.24) is 0 Å². The normalized spacial score (nSPS) is 9.00. The van der Waals surface area contributed by atoms with Gasteiger partial charge in [0.25, 0.3) is 5.69 Å². The molecule has 0 fully saturated rings. The SMILES string of the molecule is COC(=O)c1cc(F)c(C#CC=O)cc1[N+](=O)[O-]. The molecule has 0 aliphatic carbocycles. The summed E-state index contributed by atoms with van der Waals surface area (Å²) in [4.78, 5) is 31.1. The second-order valence-corrected chi connectivity index (χ2v) is 2.99. The Bertz CT molecular complexity index is 585. The van der Waals surface area contributed by atoms with Crippen LogP contribution in [0, 0.1) is 27.8 Å². The zero-order chi connectivity index (χ0) is 13.7. The van der Waals surface area contributed by atoms with Gasteiger partial charge in [-0.15, -0.1) is 0 Å². The third-order valence-electron chi connectivity index (χ3n) is 1.95. The van der Waals surface area contributed by atoms with E-state index in [1.54, 1.807) is 0 Å². The zero-order valence-electron chi connectivity index (χ0n) is 9.10. The number of nitrogens with zero attached hydrogens (tertiary/aromatic N) is 1. The first kappa shape index (κ1) is 13.3. The van der Waals surface area contributed by atoms with Crippen molar-refractivity contribution >= 4 is 17.9 Å². The topological polar surface area (TPSA) is 86.5 Å². The number of esters is 1. The third-order valence-corrected chi connectivity index (χ3v) is 1.95. The van der Waals surface area contributed by atoms with Crippen molar-refractivity contribution < 1.29 is 23.6 Å². The summed E-state index contributed by atoms with van der Waals surface area (Å²) in [5.74, 6) is 2.04. The van der Waals surface area contributed by atoms with Gasteiger partial charge in [0.2, 0.25) is 0 Å². The van der Waals surface area contributed by atoms with E-state index in [0.717, 1.165) is 13.2 Å². The molecule has 0 aromatic heterocycles. The molecule has 1 aromatic rings. The number of hydrogen-bond acceptors (Lipinski definition) is 5. The molecule has 18 heavy (non-hydrogen) atoms. The number of halogens is 1. The molecule has 1 rings (SSSR count). The van der Waals surface area contributed by atoms with Crippen LogP contribution >= 0.6 is 0 Å². The fourth-order valence-electron chi connectivity index (χ4n) is 1.19. The molecule has 0 aliphatic rings. The lowest BCUT2D eigenvalue weighted by Crippen LogP contribution is -2.07. The van der Waals surface area contributed by atoms with E-state index in [1.807, 2.05) is 5.92 Å². The van der Waals surface area contributed by atoms with E-state index in [9.17, 15) is 24.1 Å². The fraction of sp³-hybridized carbons (Fsp3) is 0.0909. The van der Waals surface area contributed by atoms with Crippen LogP contribution in [0.1, 0.15) is 15.9 Å². The lowest BCUT2D eigenvalue weighted by molar-refractivity contribution is -0.385.